The van der Waals surface area contributed by atoms with Crippen LogP contribution in [0, 0.1) is 5.82 Å². The minimum absolute atomic E-state index is 0.00360. The van der Waals surface area contributed by atoms with Crippen molar-refractivity contribution in [1.29, 1.82) is 0 Å². The van der Waals surface area contributed by atoms with Gasteiger partial charge in [0.15, 0.2) is 5.82 Å². The van der Waals surface area contributed by atoms with Crippen molar-refractivity contribution in [3.63, 3.8) is 0 Å². The van der Waals surface area contributed by atoms with Crippen molar-refractivity contribution in [1.82, 2.24) is 14.8 Å². The maximum Gasteiger partial charge on any atom is 0.246 e. The molecular weight excluding hydrogens is 557 g/mol. The van der Waals surface area contributed by atoms with Crippen molar-refractivity contribution in [3.8, 4) is 17.0 Å². The Morgan fingerprint density at radius 2 is 1.98 bits per heavy atom. The number of rotatable bonds is 7. The first kappa shape index (κ1) is 29.3. The third-order valence-corrected chi connectivity index (χ3v) is 8.39. The van der Waals surface area contributed by atoms with Crippen LogP contribution in [0.2, 0.25) is 5.02 Å². The van der Waals surface area contributed by atoms with Crippen LogP contribution < -0.4 is 4.90 Å². The molecule has 0 bridgehead atoms. The lowest BCUT2D eigenvalue weighted by atomic mass is 9.79. The van der Waals surface area contributed by atoms with Gasteiger partial charge in [-0.2, -0.15) is 0 Å². The molecule has 1 aromatic heterocycles. The van der Waals surface area contributed by atoms with Gasteiger partial charge in [-0.1, -0.05) is 48.9 Å². The Morgan fingerprint density at radius 3 is 2.60 bits per heavy atom. The first-order chi connectivity index (χ1) is 20.3. The van der Waals surface area contributed by atoms with Crippen LogP contribution in [0.3, 0.4) is 0 Å². The molecule has 2 aromatic carbocycles. The molecule has 0 spiro atoms. The molecule has 2 aliphatic rings. The van der Waals surface area contributed by atoms with Crippen molar-refractivity contribution < 1.29 is 19.1 Å². The minimum Gasteiger partial charge on any atom is -0.507 e. The summed E-state index contributed by atoms with van der Waals surface area (Å²) in [5.74, 6) is -0.126. The molecule has 1 aliphatic carbocycles. The van der Waals surface area contributed by atoms with Gasteiger partial charge >= 0.3 is 0 Å². The topological polar surface area (TPSA) is 89.3 Å². The molecule has 5 rings (SSSR count). The number of anilines is 2. The molecule has 2 heterocycles. The number of nitrogens with zero attached hydrogens (tertiary/aromatic N) is 5. The summed E-state index contributed by atoms with van der Waals surface area (Å²) in [6.07, 6.45) is 5.15. The van der Waals surface area contributed by atoms with Crippen LogP contribution in [0.1, 0.15) is 43.2 Å². The number of halogens is 2. The zero-order valence-corrected chi connectivity index (χ0v) is 24.4. The van der Waals surface area contributed by atoms with E-state index < -0.39 is 5.82 Å². The van der Waals surface area contributed by atoms with Gasteiger partial charge in [0.2, 0.25) is 12.3 Å². The van der Waals surface area contributed by atoms with Crippen molar-refractivity contribution in [2.24, 2.45) is 4.99 Å². The maximum absolute atomic E-state index is 15.1. The fourth-order valence-electron chi connectivity index (χ4n) is 5.75. The number of amides is 2. The van der Waals surface area contributed by atoms with E-state index >= 15 is 4.39 Å². The molecule has 2 fully saturated rings. The van der Waals surface area contributed by atoms with Crippen LogP contribution in [-0.2, 0) is 9.59 Å². The van der Waals surface area contributed by atoms with E-state index in [1.165, 1.54) is 29.2 Å². The van der Waals surface area contributed by atoms with Crippen LogP contribution in [0.4, 0.5) is 15.9 Å². The molecule has 218 valence electrons. The van der Waals surface area contributed by atoms with Gasteiger partial charge in [-0.3, -0.25) is 19.5 Å². The Labute approximate surface area is 249 Å². The summed E-state index contributed by atoms with van der Waals surface area (Å²) in [6, 6.07) is 13.1. The van der Waals surface area contributed by atoms with Crippen LogP contribution in [0.25, 0.3) is 11.3 Å². The highest BCUT2D eigenvalue weighted by Gasteiger charge is 2.33. The lowest BCUT2D eigenvalue weighted by Crippen LogP contribution is -2.55. The van der Waals surface area contributed by atoms with Crippen molar-refractivity contribution in [2.45, 2.75) is 38.1 Å². The average Bonchev–Trinajstić information content (AvgIpc) is 2.95. The molecule has 42 heavy (non-hydrogen) atoms. The normalized spacial score (nSPS) is 17.5. The molecular formula is C32H33ClFN5O3. The number of aromatic hydroxyl groups is 1. The number of benzene rings is 2. The van der Waals surface area contributed by atoms with Crippen molar-refractivity contribution in [3.05, 3.63) is 83.2 Å². The number of piperazine rings is 1. The first-order valence-corrected chi connectivity index (χ1v) is 14.3. The summed E-state index contributed by atoms with van der Waals surface area (Å²) in [5.41, 5.74) is 2.00. The van der Waals surface area contributed by atoms with Gasteiger partial charge in [0.1, 0.15) is 17.4 Å². The number of hydrogen-bond acceptors (Lipinski definition) is 5. The largest absolute Gasteiger partial charge is 0.507 e. The summed E-state index contributed by atoms with van der Waals surface area (Å²) in [5, 5.41) is 10.7. The van der Waals surface area contributed by atoms with Gasteiger partial charge in [-0.25, -0.2) is 9.37 Å². The zero-order valence-electron chi connectivity index (χ0n) is 23.6. The SMILES string of the molecule is C=CC(=O)N1CCN(C(=NC)c2cc(Cl)c(-c3c(O)cccc3F)nc2N(C=O)c2ccccc2C2CCC2)C(C)C1. The van der Waals surface area contributed by atoms with Gasteiger partial charge in [0.05, 0.1) is 27.5 Å². The molecule has 1 N–H and O–H groups in total. The van der Waals surface area contributed by atoms with E-state index in [1.807, 2.05) is 36.1 Å². The number of hydrogen-bond donors (Lipinski definition) is 1. The van der Waals surface area contributed by atoms with E-state index in [9.17, 15) is 14.7 Å². The van der Waals surface area contributed by atoms with Gasteiger partial charge in [-0.05, 0) is 61.6 Å². The predicted octanol–water partition coefficient (Wildman–Crippen LogP) is 5.90. The summed E-state index contributed by atoms with van der Waals surface area (Å²) in [4.78, 5) is 39.8. The number of aliphatic imine (C=N–C) groups is 1. The second kappa shape index (κ2) is 12.3. The Kier molecular flexibility index (Phi) is 8.59. The number of phenols is 1. The quantitative estimate of drug-likeness (QED) is 0.160. The highest BCUT2D eigenvalue weighted by atomic mass is 35.5. The predicted molar refractivity (Wildman–Crippen MR) is 163 cm³/mol. The van der Waals surface area contributed by atoms with Crippen molar-refractivity contribution >= 4 is 41.3 Å². The van der Waals surface area contributed by atoms with Crippen LogP contribution >= 0.6 is 11.6 Å². The van der Waals surface area contributed by atoms with Crippen LogP contribution in [0.5, 0.6) is 5.75 Å². The van der Waals surface area contributed by atoms with Crippen LogP contribution in [-0.4, -0.2) is 70.8 Å². The van der Waals surface area contributed by atoms with E-state index in [4.69, 9.17) is 16.6 Å². The number of pyridine rings is 1. The lowest BCUT2D eigenvalue weighted by molar-refractivity contribution is -0.128. The second-order valence-electron chi connectivity index (χ2n) is 10.6. The van der Waals surface area contributed by atoms with Gasteiger partial charge in [0.25, 0.3) is 0 Å². The highest BCUT2D eigenvalue weighted by molar-refractivity contribution is 6.33. The summed E-state index contributed by atoms with van der Waals surface area (Å²) < 4.78 is 15.1. The molecule has 1 saturated carbocycles. The Balaban J connectivity index is 1.69. The molecule has 0 radical (unpaired) electrons. The first-order valence-electron chi connectivity index (χ1n) is 14.0. The highest BCUT2D eigenvalue weighted by Crippen LogP contribution is 2.44. The maximum atomic E-state index is 15.1. The fourth-order valence-corrected chi connectivity index (χ4v) is 5.99. The summed E-state index contributed by atoms with van der Waals surface area (Å²) >= 11 is 6.76. The monoisotopic (exact) mass is 589 g/mol. The van der Waals surface area contributed by atoms with E-state index in [1.54, 1.807) is 18.0 Å². The van der Waals surface area contributed by atoms with Gasteiger partial charge in [-0.15, -0.1) is 0 Å². The molecule has 10 heteroatoms. The third-order valence-electron chi connectivity index (χ3n) is 8.10. The molecule has 1 saturated heterocycles. The molecule has 1 aliphatic heterocycles. The standard InChI is InChI=1S/C32H33ClFN5O3/c1-4-28(42)37-15-16-38(20(2)18-37)31(35-3)23-17-24(33)30(29-25(34)12-8-14-27(29)41)36-32(23)39(19-40)26-13-6-5-11-22(26)21-9-7-10-21/h4-6,8,11-14,17,19-21,41H,1,7,9-10,15-16,18H2,2-3H3. The Morgan fingerprint density at radius 1 is 1.21 bits per heavy atom. The van der Waals surface area contributed by atoms with Gasteiger partial charge < -0.3 is 14.9 Å². The van der Waals surface area contributed by atoms with Crippen molar-refractivity contribution in [2.75, 3.05) is 31.6 Å². The average molecular weight is 590 g/mol. The van der Waals surface area contributed by atoms with E-state index in [0.717, 1.165) is 24.8 Å². The lowest BCUT2D eigenvalue weighted by Gasteiger charge is -2.41. The number of para-hydroxylation sites is 1. The number of phenolic OH excluding ortho intramolecular Hbond substituents is 1. The molecule has 3 aromatic rings. The van der Waals surface area contributed by atoms with Crippen LogP contribution in [0.15, 0.2) is 66.2 Å². The number of carbonyl (C=O) groups is 2. The summed E-state index contributed by atoms with van der Waals surface area (Å²) in [6.45, 7) is 6.95. The third kappa shape index (κ3) is 5.36. The molecule has 2 amide bonds. The fraction of sp³-hybridized carbons (Fsp3) is 0.312. The molecule has 1 unspecified atom stereocenters. The number of aromatic nitrogens is 1. The van der Waals surface area contributed by atoms with E-state index in [-0.39, 0.29) is 39.8 Å². The Hall–Kier alpha value is -4.24. The van der Waals surface area contributed by atoms with E-state index in [0.29, 0.717) is 49.0 Å². The molecule has 8 nitrogen and oxygen atoms in total. The second-order valence-corrected chi connectivity index (χ2v) is 11.0. The summed E-state index contributed by atoms with van der Waals surface area (Å²) in [7, 11) is 1.64. The number of carbonyl (C=O) groups excluding carboxylic acids is 2. The Bertz CT molecular complexity index is 1540. The minimum atomic E-state index is -0.698. The number of amidine groups is 1. The van der Waals surface area contributed by atoms with E-state index in [2.05, 4.69) is 11.6 Å². The smallest absolute Gasteiger partial charge is 0.246 e. The zero-order chi connectivity index (χ0) is 30.0. The molecule has 1 atom stereocenters. The van der Waals surface area contributed by atoms with Gasteiger partial charge in [0, 0.05) is 32.7 Å².